The predicted molar refractivity (Wildman–Crippen MR) is 342 cm³/mol. The van der Waals surface area contributed by atoms with Crippen LogP contribution >= 0.6 is 34.4 Å². The Labute approximate surface area is 484 Å². The Bertz CT molecular complexity index is 2370. The molecule has 4 nitrogen and oxygen atoms in total. The maximum atomic E-state index is 5.96. The first-order valence-electron chi connectivity index (χ1n) is 33.3. The normalized spacial score (nSPS) is 14.0. The number of benzene rings is 2. The van der Waals surface area contributed by atoms with Gasteiger partial charge >= 0.3 is 0 Å². The van der Waals surface area contributed by atoms with Gasteiger partial charge in [-0.2, -0.15) is 8.75 Å². The molecule has 0 fully saturated rings. The largest absolute Gasteiger partial charge is 0.245 e. The SMILES string of the molecule is CCCCCCCCCCCCC1(CCCCCCCCCCCC)c2cc3c(cc2-c2sc(C)nc21)C(CCCCCCCCCCCC)(CCCCCCCCCCCC)c1nc(-c2ccc(C)c4nsnc24)sc1-3. The van der Waals surface area contributed by atoms with Crippen LogP contribution in [0.1, 0.15) is 343 Å². The monoisotopic (exact) mass is 1100 g/mol. The molecule has 2 aromatic carbocycles. The summed E-state index contributed by atoms with van der Waals surface area (Å²) in [6, 6.07) is 10.2. The molecule has 3 heterocycles. The second-order valence-electron chi connectivity index (χ2n) is 24.8. The van der Waals surface area contributed by atoms with Gasteiger partial charge in [0.05, 0.1) is 37.9 Å². The zero-order chi connectivity index (χ0) is 54.0. The molecule has 2 aliphatic rings. The molecule has 2 aliphatic carbocycles. The highest BCUT2D eigenvalue weighted by atomic mass is 32.1. The van der Waals surface area contributed by atoms with E-state index < -0.39 is 0 Å². The maximum absolute atomic E-state index is 5.96. The van der Waals surface area contributed by atoms with E-state index in [2.05, 4.69) is 65.8 Å². The molecule has 77 heavy (non-hydrogen) atoms. The number of fused-ring (bicyclic) bond motifs is 7. The summed E-state index contributed by atoms with van der Waals surface area (Å²) in [5.41, 5.74) is 13.5. The highest BCUT2D eigenvalue weighted by Crippen LogP contribution is 2.63. The van der Waals surface area contributed by atoms with E-state index in [1.807, 2.05) is 22.7 Å². The molecule has 0 bridgehead atoms. The van der Waals surface area contributed by atoms with Crippen molar-refractivity contribution in [2.24, 2.45) is 0 Å². The van der Waals surface area contributed by atoms with Crippen LogP contribution in [0.4, 0.5) is 0 Å². The molecule has 0 saturated carbocycles. The molecule has 0 saturated heterocycles. The third kappa shape index (κ3) is 17.0. The van der Waals surface area contributed by atoms with Crippen molar-refractivity contribution in [3.05, 3.63) is 57.4 Å². The first kappa shape index (κ1) is 62.1. The highest BCUT2D eigenvalue weighted by molar-refractivity contribution is 7.18. The Balaban J connectivity index is 1.22. The van der Waals surface area contributed by atoms with Crippen LogP contribution in [0.15, 0.2) is 24.3 Å². The van der Waals surface area contributed by atoms with Crippen molar-refractivity contribution in [2.45, 2.75) is 335 Å². The van der Waals surface area contributed by atoms with Crippen molar-refractivity contribution in [2.75, 3.05) is 0 Å². The van der Waals surface area contributed by atoms with Gasteiger partial charge in [-0.15, -0.1) is 22.7 Å². The number of rotatable bonds is 45. The number of aromatic nitrogens is 4. The molecule has 428 valence electrons. The van der Waals surface area contributed by atoms with E-state index in [9.17, 15) is 0 Å². The third-order valence-corrected chi connectivity index (χ3v) is 21.3. The molecule has 0 spiro atoms. The van der Waals surface area contributed by atoms with Gasteiger partial charge in [0.15, 0.2) is 0 Å². The number of unbranched alkanes of at least 4 members (excludes halogenated alkanes) is 36. The summed E-state index contributed by atoms with van der Waals surface area (Å²) in [5, 5.41) is 2.40. The number of hydrogen-bond donors (Lipinski definition) is 0. The lowest BCUT2D eigenvalue weighted by molar-refractivity contribution is 0.386. The fraction of sp³-hybridized carbons (Fsp3) is 0.743. The number of aryl methyl sites for hydroxylation is 2. The zero-order valence-electron chi connectivity index (χ0n) is 50.4. The van der Waals surface area contributed by atoms with Crippen LogP contribution in [0.25, 0.3) is 42.5 Å². The Morgan fingerprint density at radius 1 is 0.351 bits per heavy atom. The fourth-order valence-electron chi connectivity index (χ4n) is 14.0. The maximum Gasteiger partial charge on any atom is 0.126 e. The van der Waals surface area contributed by atoms with Crippen LogP contribution in [0.5, 0.6) is 0 Å². The van der Waals surface area contributed by atoms with Gasteiger partial charge in [-0.05, 0) is 85.5 Å². The van der Waals surface area contributed by atoms with Gasteiger partial charge in [-0.1, -0.05) is 291 Å². The van der Waals surface area contributed by atoms with E-state index in [0.29, 0.717) is 0 Å². The smallest absolute Gasteiger partial charge is 0.126 e. The van der Waals surface area contributed by atoms with Gasteiger partial charge < -0.3 is 0 Å². The fourth-order valence-corrected chi connectivity index (χ4v) is 16.9. The van der Waals surface area contributed by atoms with E-state index in [1.54, 1.807) is 16.7 Å². The third-order valence-electron chi connectivity index (χ3n) is 18.6. The molecule has 7 heteroatoms. The molecule has 0 aliphatic heterocycles. The Morgan fingerprint density at radius 3 is 1.05 bits per heavy atom. The minimum atomic E-state index is -0.0862. The lowest BCUT2D eigenvalue weighted by Crippen LogP contribution is -2.28. The Kier molecular flexibility index (Phi) is 27.5. The summed E-state index contributed by atoms with van der Waals surface area (Å²) < 4.78 is 9.75. The van der Waals surface area contributed by atoms with E-state index in [1.165, 1.54) is 337 Å². The van der Waals surface area contributed by atoms with Crippen LogP contribution in [0.3, 0.4) is 0 Å². The quantitative estimate of drug-likeness (QED) is 0.0365. The van der Waals surface area contributed by atoms with Crippen LogP contribution in [0.2, 0.25) is 0 Å². The first-order chi connectivity index (χ1) is 37.9. The van der Waals surface area contributed by atoms with Gasteiger partial charge in [-0.25, -0.2) is 9.97 Å². The molecule has 3 aromatic heterocycles. The zero-order valence-corrected chi connectivity index (χ0v) is 52.9. The minimum Gasteiger partial charge on any atom is -0.245 e. The Hall–Kier alpha value is -2.48. The molecule has 0 amide bonds. The average molecular weight is 1100 g/mol. The van der Waals surface area contributed by atoms with E-state index in [-0.39, 0.29) is 10.8 Å². The lowest BCUT2D eigenvalue weighted by atomic mass is 9.70. The van der Waals surface area contributed by atoms with Gasteiger partial charge in [0.2, 0.25) is 0 Å². The van der Waals surface area contributed by atoms with E-state index in [0.717, 1.165) is 16.0 Å². The highest BCUT2D eigenvalue weighted by Gasteiger charge is 2.51. The molecular weight excluding hydrogens is 993 g/mol. The van der Waals surface area contributed by atoms with E-state index >= 15 is 0 Å². The number of hydrogen-bond acceptors (Lipinski definition) is 7. The summed E-state index contributed by atoms with van der Waals surface area (Å²) in [6.45, 7) is 13.8. The van der Waals surface area contributed by atoms with Gasteiger partial charge in [0.25, 0.3) is 0 Å². The van der Waals surface area contributed by atoms with Crippen LogP contribution < -0.4 is 0 Å². The van der Waals surface area contributed by atoms with E-state index in [4.69, 9.17) is 18.7 Å². The van der Waals surface area contributed by atoms with Crippen molar-refractivity contribution in [1.29, 1.82) is 0 Å². The van der Waals surface area contributed by atoms with Crippen LogP contribution in [-0.2, 0) is 10.8 Å². The molecule has 5 aromatic rings. The van der Waals surface area contributed by atoms with Crippen molar-refractivity contribution in [3.63, 3.8) is 0 Å². The summed E-state index contributed by atoms with van der Waals surface area (Å²) in [7, 11) is 0. The molecule has 0 atom stereocenters. The van der Waals surface area contributed by atoms with Crippen LogP contribution in [0, 0.1) is 13.8 Å². The standard InChI is InChI=1S/C70H110N4S3/c1-7-11-15-19-23-27-31-35-39-43-49-69(50-44-40-36-32-28-24-20-16-12-8-2)60-54-59-61(53-58(60)64-66(69)71-56(6)75-64)70(51-45-41-37-33-29-25-21-17-13-9-3,52-46-42-38-34-30-26-22-18-14-10-4)67-65(59)76-68(72-67)57-48-47-55(5)62-63(57)74-77-73-62/h47-48,53-54H,7-46,49-52H2,1-6H3. The lowest BCUT2D eigenvalue weighted by Gasteiger charge is -2.33. The molecule has 0 radical (unpaired) electrons. The minimum absolute atomic E-state index is 0.0217. The number of thiazole rings is 2. The Morgan fingerprint density at radius 2 is 0.675 bits per heavy atom. The van der Waals surface area contributed by atoms with Crippen molar-refractivity contribution in [1.82, 2.24) is 18.7 Å². The van der Waals surface area contributed by atoms with Crippen molar-refractivity contribution >= 4 is 45.4 Å². The first-order valence-corrected chi connectivity index (χ1v) is 35.7. The summed E-state index contributed by atoms with van der Waals surface area (Å²) in [5.74, 6) is 0. The second-order valence-corrected chi connectivity index (χ2v) is 27.6. The molecule has 0 unspecified atom stereocenters. The number of nitrogens with zero attached hydrogens (tertiary/aromatic N) is 4. The summed E-state index contributed by atoms with van der Waals surface area (Å²) in [4.78, 5) is 14.6. The molecular formula is C70H110N4S3. The average Bonchev–Trinajstić information content (AvgIpc) is 4.48. The summed E-state index contributed by atoms with van der Waals surface area (Å²) >= 11 is 5.34. The van der Waals surface area contributed by atoms with Crippen molar-refractivity contribution < 1.29 is 0 Å². The van der Waals surface area contributed by atoms with Gasteiger partial charge in [-0.3, -0.25) is 0 Å². The summed E-state index contributed by atoms with van der Waals surface area (Å²) in [6.07, 6.45) is 59.8. The topological polar surface area (TPSA) is 51.6 Å². The molecule has 7 rings (SSSR count). The van der Waals surface area contributed by atoms with Gasteiger partial charge in [0.1, 0.15) is 16.0 Å². The van der Waals surface area contributed by atoms with Gasteiger partial charge in [0, 0.05) is 16.4 Å². The molecule has 0 N–H and O–H groups in total. The van der Waals surface area contributed by atoms with Crippen molar-refractivity contribution in [3.8, 4) is 31.5 Å². The van der Waals surface area contributed by atoms with Crippen LogP contribution in [-0.4, -0.2) is 18.7 Å². The predicted octanol–water partition coefficient (Wildman–Crippen LogP) is 24.7. The second kappa shape index (κ2) is 34.1.